The number of hydrogen-bond acceptors (Lipinski definition) is 4. The molecular formula is C18H26N2O2. The first-order chi connectivity index (χ1) is 10.7. The normalized spacial score (nSPS) is 32.3. The third kappa shape index (κ3) is 2.65. The summed E-state index contributed by atoms with van der Waals surface area (Å²) in [5.41, 5.74) is 1.43. The van der Waals surface area contributed by atoms with Crippen LogP contribution in [0, 0.1) is 10.8 Å². The van der Waals surface area contributed by atoms with E-state index in [0.29, 0.717) is 5.92 Å². The third-order valence-corrected chi connectivity index (χ3v) is 5.82. The van der Waals surface area contributed by atoms with Crippen molar-refractivity contribution in [3.8, 4) is 5.75 Å². The Bertz CT molecular complexity index is 534. The molecule has 1 aromatic rings. The fraction of sp³-hybridized carbons (Fsp3) is 0.667. The smallest absolute Gasteiger partial charge is 0.119 e. The number of piperidine rings is 1. The van der Waals surface area contributed by atoms with Gasteiger partial charge in [0.2, 0.25) is 0 Å². The highest BCUT2D eigenvalue weighted by Gasteiger charge is 2.48. The largest absolute Gasteiger partial charge is 0.497 e. The van der Waals surface area contributed by atoms with Gasteiger partial charge in [-0.25, -0.2) is 0 Å². The van der Waals surface area contributed by atoms with Gasteiger partial charge in [0.25, 0.3) is 0 Å². The molecular weight excluding hydrogens is 276 g/mol. The molecule has 120 valence electrons. The van der Waals surface area contributed by atoms with Crippen LogP contribution in [0.5, 0.6) is 5.75 Å². The van der Waals surface area contributed by atoms with Crippen LogP contribution in [0.25, 0.3) is 0 Å². The molecule has 0 radical (unpaired) electrons. The van der Waals surface area contributed by atoms with Crippen molar-refractivity contribution in [2.45, 2.75) is 44.1 Å². The van der Waals surface area contributed by atoms with E-state index in [9.17, 15) is 4.91 Å². The molecule has 4 heteroatoms. The summed E-state index contributed by atoms with van der Waals surface area (Å²) < 4.78 is 5.42. The molecule has 22 heavy (non-hydrogen) atoms. The van der Waals surface area contributed by atoms with E-state index in [2.05, 4.69) is 35.2 Å². The average molecular weight is 302 g/mol. The van der Waals surface area contributed by atoms with Crippen molar-refractivity contribution in [1.82, 2.24) is 4.90 Å². The van der Waals surface area contributed by atoms with E-state index in [-0.39, 0.29) is 11.5 Å². The Hall–Kier alpha value is -1.42. The predicted octanol–water partition coefficient (Wildman–Crippen LogP) is 3.59. The number of nitrogens with zero attached hydrogens (tertiary/aromatic N) is 2. The van der Waals surface area contributed by atoms with Gasteiger partial charge in [0.1, 0.15) is 5.75 Å². The van der Waals surface area contributed by atoms with Crippen LogP contribution in [0.15, 0.2) is 29.4 Å². The zero-order valence-corrected chi connectivity index (χ0v) is 13.6. The number of nitroso groups, excluding NO2 is 1. The first-order valence-corrected chi connectivity index (χ1v) is 8.41. The molecule has 1 aromatic carbocycles. The molecule has 3 atom stereocenters. The van der Waals surface area contributed by atoms with Gasteiger partial charge in [-0.05, 0) is 62.4 Å². The highest BCUT2D eigenvalue weighted by atomic mass is 16.5. The van der Waals surface area contributed by atoms with Crippen LogP contribution in [-0.2, 0) is 5.41 Å². The Balaban J connectivity index is 1.97. The predicted molar refractivity (Wildman–Crippen MR) is 88.3 cm³/mol. The van der Waals surface area contributed by atoms with E-state index in [1.807, 2.05) is 6.07 Å². The fourth-order valence-corrected chi connectivity index (χ4v) is 4.50. The van der Waals surface area contributed by atoms with Crippen LogP contribution in [0.4, 0.5) is 0 Å². The van der Waals surface area contributed by atoms with Crippen molar-refractivity contribution in [3.05, 3.63) is 34.7 Å². The summed E-state index contributed by atoms with van der Waals surface area (Å²) in [6, 6.07) is 8.42. The Morgan fingerprint density at radius 3 is 3.00 bits per heavy atom. The van der Waals surface area contributed by atoms with Gasteiger partial charge in [0.05, 0.1) is 13.2 Å². The molecule has 2 aliphatic rings. The summed E-state index contributed by atoms with van der Waals surface area (Å²) in [4.78, 5) is 13.7. The average Bonchev–Trinajstić information content (AvgIpc) is 2.60. The Morgan fingerprint density at radius 1 is 1.41 bits per heavy atom. The van der Waals surface area contributed by atoms with Crippen molar-refractivity contribution in [2.75, 3.05) is 26.7 Å². The maximum absolute atomic E-state index is 11.2. The summed E-state index contributed by atoms with van der Waals surface area (Å²) in [5.74, 6) is 1.52. The quantitative estimate of drug-likeness (QED) is 0.798. The molecule has 0 amide bonds. The maximum Gasteiger partial charge on any atom is 0.119 e. The molecule has 0 spiro atoms. The third-order valence-electron chi connectivity index (χ3n) is 5.82. The summed E-state index contributed by atoms with van der Waals surface area (Å²) in [7, 11) is 1.71. The fourth-order valence-electron chi connectivity index (χ4n) is 4.50. The van der Waals surface area contributed by atoms with Crippen LogP contribution in [0.2, 0.25) is 0 Å². The van der Waals surface area contributed by atoms with Crippen LogP contribution in [-0.4, -0.2) is 37.7 Å². The second-order valence-corrected chi connectivity index (χ2v) is 6.77. The molecule has 0 aromatic heterocycles. The van der Waals surface area contributed by atoms with E-state index < -0.39 is 0 Å². The SMILES string of the molecule is CCN1CC[C@@]2(c3cccc(OC)c3)CC(N=O)CC[C@@H]2C1. The number of likely N-dealkylation sites (tertiary alicyclic amines) is 1. The lowest BCUT2D eigenvalue weighted by atomic mass is 9.58. The zero-order chi connectivity index (χ0) is 15.6. The lowest BCUT2D eigenvalue weighted by Crippen LogP contribution is -2.53. The van der Waals surface area contributed by atoms with Gasteiger partial charge in [-0.2, -0.15) is 4.91 Å². The highest BCUT2D eigenvalue weighted by Crippen LogP contribution is 2.50. The molecule has 1 aliphatic carbocycles. The molecule has 1 unspecified atom stereocenters. The van der Waals surface area contributed by atoms with Crippen LogP contribution < -0.4 is 4.74 Å². The van der Waals surface area contributed by atoms with Crippen molar-refractivity contribution >= 4 is 0 Å². The first kappa shape index (κ1) is 15.5. The molecule has 3 rings (SSSR count). The first-order valence-electron chi connectivity index (χ1n) is 8.41. The second-order valence-electron chi connectivity index (χ2n) is 6.77. The minimum absolute atomic E-state index is 0.0318. The zero-order valence-electron chi connectivity index (χ0n) is 13.6. The second kappa shape index (κ2) is 6.37. The van der Waals surface area contributed by atoms with E-state index in [0.717, 1.165) is 51.1 Å². The number of benzene rings is 1. The summed E-state index contributed by atoms with van der Waals surface area (Å²) in [6.45, 7) is 5.59. The minimum atomic E-state index is -0.0318. The van der Waals surface area contributed by atoms with Gasteiger partial charge < -0.3 is 9.64 Å². The maximum atomic E-state index is 11.2. The summed E-state index contributed by atoms with van der Waals surface area (Å²) in [5, 5.41) is 3.40. The van der Waals surface area contributed by atoms with Crippen LogP contribution in [0.1, 0.15) is 38.2 Å². The minimum Gasteiger partial charge on any atom is -0.497 e. The number of hydrogen-bond donors (Lipinski definition) is 0. The lowest BCUT2D eigenvalue weighted by Gasteiger charge is -2.52. The standard InChI is InChI=1S/C18H26N2O2/c1-3-20-10-9-18(14-5-4-6-17(11-14)22-2)12-16(19-21)8-7-15(18)13-20/h4-6,11,15-16H,3,7-10,12-13H2,1-2H3/t15-,16?,18+/m1/s1. The van der Waals surface area contributed by atoms with E-state index in [1.165, 1.54) is 5.56 Å². The number of ether oxygens (including phenoxy) is 1. The van der Waals surface area contributed by atoms with Crippen LogP contribution in [0.3, 0.4) is 0 Å². The van der Waals surface area contributed by atoms with Gasteiger partial charge in [-0.3, -0.25) is 0 Å². The van der Waals surface area contributed by atoms with E-state index >= 15 is 0 Å². The van der Waals surface area contributed by atoms with Crippen molar-refractivity contribution < 1.29 is 4.74 Å². The van der Waals surface area contributed by atoms with Crippen LogP contribution >= 0.6 is 0 Å². The molecule has 0 N–H and O–H groups in total. The van der Waals surface area contributed by atoms with Gasteiger partial charge >= 0.3 is 0 Å². The molecule has 1 saturated heterocycles. The topological polar surface area (TPSA) is 41.9 Å². The van der Waals surface area contributed by atoms with Crippen molar-refractivity contribution in [3.63, 3.8) is 0 Å². The van der Waals surface area contributed by atoms with Gasteiger partial charge in [0.15, 0.2) is 0 Å². The van der Waals surface area contributed by atoms with Gasteiger partial charge in [-0.1, -0.05) is 24.2 Å². The molecule has 1 heterocycles. The number of methoxy groups -OCH3 is 1. The molecule has 0 bridgehead atoms. The molecule has 1 saturated carbocycles. The Labute approximate surface area is 132 Å². The summed E-state index contributed by atoms with van der Waals surface area (Å²) >= 11 is 0. The van der Waals surface area contributed by atoms with Gasteiger partial charge in [-0.15, -0.1) is 0 Å². The van der Waals surface area contributed by atoms with Gasteiger partial charge in [0, 0.05) is 12.0 Å². The van der Waals surface area contributed by atoms with Crippen molar-refractivity contribution in [2.24, 2.45) is 11.1 Å². The van der Waals surface area contributed by atoms with E-state index in [4.69, 9.17) is 4.74 Å². The number of fused-ring (bicyclic) bond motifs is 1. The molecule has 2 fully saturated rings. The van der Waals surface area contributed by atoms with Crippen molar-refractivity contribution in [1.29, 1.82) is 0 Å². The molecule has 4 nitrogen and oxygen atoms in total. The Morgan fingerprint density at radius 2 is 2.27 bits per heavy atom. The number of rotatable bonds is 4. The highest BCUT2D eigenvalue weighted by molar-refractivity contribution is 5.36. The monoisotopic (exact) mass is 302 g/mol. The lowest BCUT2D eigenvalue weighted by molar-refractivity contribution is 0.0523. The Kier molecular flexibility index (Phi) is 4.48. The summed E-state index contributed by atoms with van der Waals surface area (Å²) in [6.07, 6.45) is 4.05. The van der Waals surface area contributed by atoms with E-state index in [1.54, 1.807) is 7.11 Å². The molecule has 1 aliphatic heterocycles.